The topological polar surface area (TPSA) is 162 Å². The van der Waals surface area contributed by atoms with E-state index in [0.717, 1.165) is 24.3 Å². The van der Waals surface area contributed by atoms with Gasteiger partial charge in [0.2, 0.25) is 5.91 Å². The lowest BCUT2D eigenvalue weighted by Gasteiger charge is -2.30. The lowest BCUT2D eigenvalue weighted by molar-refractivity contribution is -0.123. The maximum Gasteiger partial charge on any atom is 0.251 e. The Labute approximate surface area is 251 Å². The molecule has 0 unspecified atom stereocenters. The maximum absolute atomic E-state index is 13.9. The van der Waals surface area contributed by atoms with Crippen molar-refractivity contribution in [3.63, 3.8) is 0 Å². The molecule has 5 N–H and O–H groups in total. The van der Waals surface area contributed by atoms with E-state index in [-0.39, 0.29) is 47.5 Å². The summed E-state index contributed by atoms with van der Waals surface area (Å²) < 4.78 is 27.2. The van der Waals surface area contributed by atoms with Crippen molar-refractivity contribution in [3.8, 4) is 28.5 Å². The van der Waals surface area contributed by atoms with Gasteiger partial charge in [-0.3, -0.25) is 14.3 Å². The third-order valence-corrected chi connectivity index (χ3v) is 9.04. The van der Waals surface area contributed by atoms with Crippen molar-refractivity contribution in [1.29, 1.82) is 0 Å². The highest BCUT2D eigenvalue weighted by molar-refractivity contribution is 6.00. The third-order valence-electron chi connectivity index (χ3n) is 9.04. The van der Waals surface area contributed by atoms with Crippen molar-refractivity contribution in [2.45, 2.75) is 49.7 Å². The van der Waals surface area contributed by atoms with E-state index in [0.29, 0.717) is 41.3 Å². The third kappa shape index (κ3) is 4.52. The average molecular weight is 602 g/mol. The molecule has 3 aliphatic rings. The van der Waals surface area contributed by atoms with Gasteiger partial charge in [-0.2, -0.15) is 5.10 Å². The van der Waals surface area contributed by atoms with Crippen LogP contribution in [0.2, 0.25) is 0 Å². The number of phenols is 1. The van der Waals surface area contributed by atoms with Crippen LogP contribution in [0.15, 0.2) is 42.6 Å². The molecular weight excluding hydrogens is 569 g/mol. The maximum atomic E-state index is 13.9. The largest absolute Gasteiger partial charge is 0.507 e. The number of hydrogen-bond donors (Lipinski definition) is 4. The van der Waals surface area contributed by atoms with E-state index in [1.54, 1.807) is 25.1 Å². The number of primary amides is 1. The number of ether oxygens (including phenoxy) is 2. The van der Waals surface area contributed by atoms with Crippen LogP contribution in [-0.4, -0.2) is 57.1 Å². The minimum absolute atomic E-state index is 0.0714. The van der Waals surface area contributed by atoms with Crippen LogP contribution in [0.4, 0.5) is 4.39 Å². The second-order valence-corrected chi connectivity index (χ2v) is 12.2. The fraction of sp³-hybridized carbons (Fsp3) is 0.375. The highest BCUT2D eigenvalue weighted by Gasteiger charge is 2.50. The van der Waals surface area contributed by atoms with Crippen molar-refractivity contribution >= 4 is 22.7 Å². The summed E-state index contributed by atoms with van der Waals surface area (Å²) >= 11 is 0. The van der Waals surface area contributed by atoms with Gasteiger partial charge in [-0.05, 0) is 68.9 Å². The molecule has 228 valence electrons. The molecule has 2 aromatic carbocycles. The number of pyridine rings is 1. The monoisotopic (exact) mass is 601 g/mol. The lowest BCUT2D eigenvalue weighted by Crippen LogP contribution is -2.44. The number of hydrogen-bond acceptors (Lipinski definition) is 8. The Morgan fingerprint density at radius 1 is 1.23 bits per heavy atom. The molecule has 2 aliphatic carbocycles. The summed E-state index contributed by atoms with van der Waals surface area (Å²) in [5, 5.41) is 31.1. The number of phenolic OH excluding ortho intramolecular Hbond substituents is 1. The van der Waals surface area contributed by atoms with Gasteiger partial charge in [-0.15, -0.1) is 0 Å². The van der Waals surface area contributed by atoms with Gasteiger partial charge in [-0.1, -0.05) is 0 Å². The summed E-state index contributed by atoms with van der Waals surface area (Å²) in [7, 11) is 1.53. The molecule has 2 amide bonds. The van der Waals surface area contributed by atoms with Crippen LogP contribution in [0, 0.1) is 11.7 Å². The van der Waals surface area contributed by atoms with Gasteiger partial charge in [0.1, 0.15) is 51.9 Å². The molecule has 2 aromatic heterocycles. The Kier molecular flexibility index (Phi) is 6.33. The number of nitrogens with one attached hydrogen (secondary N) is 1. The van der Waals surface area contributed by atoms with E-state index in [1.807, 2.05) is 10.9 Å². The summed E-state index contributed by atoms with van der Waals surface area (Å²) in [6.07, 6.45) is 5.41. The molecule has 0 saturated heterocycles. The predicted octanol–water partition coefficient (Wildman–Crippen LogP) is 3.45. The smallest absolute Gasteiger partial charge is 0.251 e. The minimum atomic E-state index is -1.64. The van der Waals surface area contributed by atoms with Gasteiger partial charge in [0.25, 0.3) is 5.91 Å². The van der Waals surface area contributed by atoms with E-state index in [9.17, 15) is 24.2 Å². The highest BCUT2D eigenvalue weighted by atomic mass is 19.1. The molecule has 7 rings (SSSR count). The van der Waals surface area contributed by atoms with E-state index < -0.39 is 28.6 Å². The first-order valence-electron chi connectivity index (χ1n) is 14.6. The average Bonchev–Trinajstić information content (AvgIpc) is 3.94. The first kappa shape index (κ1) is 28.1. The molecule has 44 heavy (non-hydrogen) atoms. The number of nitrogens with two attached hydrogens (primary N) is 1. The van der Waals surface area contributed by atoms with Crippen LogP contribution in [0.5, 0.6) is 17.2 Å². The molecule has 11 nitrogen and oxygen atoms in total. The number of nitrogens with zero attached hydrogens (tertiary/aromatic N) is 3. The van der Waals surface area contributed by atoms with Crippen molar-refractivity contribution in [3.05, 3.63) is 65.2 Å². The van der Waals surface area contributed by atoms with Crippen LogP contribution in [-0.2, 0) is 15.8 Å². The van der Waals surface area contributed by atoms with E-state index in [1.165, 1.54) is 19.2 Å². The number of aromatic hydroxyl groups is 1. The van der Waals surface area contributed by atoms with Gasteiger partial charge in [-0.25, -0.2) is 9.37 Å². The van der Waals surface area contributed by atoms with Gasteiger partial charge in [0.05, 0.1) is 25.4 Å². The number of amides is 2. The number of rotatable bonds is 9. The predicted molar refractivity (Wildman–Crippen MR) is 157 cm³/mol. The molecule has 0 bridgehead atoms. The number of halogens is 1. The number of benzene rings is 2. The van der Waals surface area contributed by atoms with Gasteiger partial charge < -0.3 is 30.7 Å². The van der Waals surface area contributed by atoms with Crippen LogP contribution < -0.4 is 20.5 Å². The van der Waals surface area contributed by atoms with Crippen LogP contribution >= 0.6 is 0 Å². The zero-order valence-electron chi connectivity index (χ0n) is 24.3. The number of fused-ring (bicyclic) bond motifs is 2. The second-order valence-electron chi connectivity index (χ2n) is 12.2. The van der Waals surface area contributed by atoms with Crippen LogP contribution in [0.1, 0.15) is 60.3 Å². The van der Waals surface area contributed by atoms with Crippen LogP contribution in [0.3, 0.4) is 0 Å². The van der Waals surface area contributed by atoms with Crippen molar-refractivity contribution < 1.29 is 33.7 Å². The quantitative estimate of drug-likeness (QED) is 0.227. The second kappa shape index (κ2) is 9.91. The Morgan fingerprint density at radius 2 is 2.00 bits per heavy atom. The summed E-state index contributed by atoms with van der Waals surface area (Å²) in [6, 6.07) is 8.79. The molecule has 1 aliphatic heterocycles. The molecule has 3 heterocycles. The number of aromatic nitrogens is 3. The fourth-order valence-electron chi connectivity index (χ4n) is 5.95. The molecule has 2 saturated carbocycles. The summed E-state index contributed by atoms with van der Waals surface area (Å²) in [6.45, 7) is 1.37. The van der Waals surface area contributed by atoms with Gasteiger partial charge >= 0.3 is 0 Å². The zero-order valence-corrected chi connectivity index (χ0v) is 24.3. The van der Waals surface area contributed by atoms with Crippen molar-refractivity contribution in [1.82, 2.24) is 20.1 Å². The number of aliphatic hydroxyl groups is 1. The molecule has 2 atom stereocenters. The van der Waals surface area contributed by atoms with E-state index in [4.69, 9.17) is 20.2 Å². The minimum Gasteiger partial charge on any atom is -0.507 e. The molecule has 0 spiro atoms. The Bertz CT molecular complexity index is 1850. The Hall–Kier alpha value is -4.71. The van der Waals surface area contributed by atoms with Crippen LogP contribution in [0.25, 0.3) is 22.2 Å². The Morgan fingerprint density at radius 3 is 2.66 bits per heavy atom. The van der Waals surface area contributed by atoms with Gasteiger partial charge in [0, 0.05) is 34.3 Å². The van der Waals surface area contributed by atoms with Gasteiger partial charge in [0.15, 0.2) is 0 Å². The molecule has 4 aromatic rings. The lowest BCUT2D eigenvalue weighted by atomic mass is 9.81. The summed E-state index contributed by atoms with van der Waals surface area (Å²) in [5.41, 5.74) is 4.78. The first-order valence-corrected chi connectivity index (χ1v) is 14.6. The van der Waals surface area contributed by atoms with E-state index in [2.05, 4.69) is 10.4 Å². The number of carbonyl (C=O) groups is 2. The fourth-order valence-corrected chi connectivity index (χ4v) is 5.95. The van der Waals surface area contributed by atoms with E-state index >= 15 is 0 Å². The normalized spacial score (nSPS) is 20.5. The zero-order chi connectivity index (χ0) is 31.0. The standard InChI is InChI=1S/C32H32FN5O6/c1-31(30(34)41)15-44-28-22(31)12-25(36-27(28)21-8-5-19(33)11-23(21)39)32(42,18-3-4-18)14-35-29(40)16-9-17-13-38(20-6-7-20)37-26(17)24(10-16)43-2/h5,8-13,18,20,39,42H,3-4,6-7,14-15H2,1-2H3,(H2,34,41)(H,35,40)/t31-,32-/m0/s1. The molecular formula is C32H32FN5O6. The molecule has 0 radical (unpaired) electrons. The first-order chi connectivity index (χ1) is 21.0. The van der Waals surface area contributed by atoms with Crippen molar-refractivity contribution in [2.24, 2.45) is 11.7 Å². The number of methoxy groups -OCH3 is 1. The summed E-state index contributed by atoms with van der Waals surface area (Å²) in [4.78, 5) is 30.8. The summed E-state index contributed by atoms with van der Waals surface area (Å²) in [5.74, 6) is -1.64. The Balaban J connectivity index is 1.26. The highest BCUT2D eigenvalue weighted by Crippen LogP contribution is 2.50. The number of carbonyl (C=O) groups excluding carboxylic acids is 2. The SMILES string of the molecule is COc1cc(C(=O)NC[C@@](O)(c2cc3c(c(-c4ccc(F)cc4O)n2)OC[C@]3(C)C(N)=O)C2CC2)cc2cn(C3CC3)nc12. The molecule has 12 heteroatoms. The molecule has 2 fully saturated rings. The van der Waals surface area contributed by atoms with Crippen molar-refractivity contribution in [2.75, 3.05) is 20.3 Å².